The van der Waals surface area contributed by atoms with E-state index in [9.17, 15) is 0 Å². The van der Waals surface area contributed by atoms with Crippen LogP contribution in [0.2, 0.25) is 0 Å². The van der Waals surface area contributed by atoms with Gasteiger partial charge in [0, 0.05) is 0 Å². The summed E-state index contributed by atoms with van der Waals surface area (Å²) in [6, 6.07) is 0. The van der Waals surface area contributed by atoms with Crippen LogP contribution in [0.3, 0.4) is 0 Å². The van der Waals surface area contributed by atoms with Gasteiger partial charge in [-0.3, -0.25) is 0 Å². The van der Waals surface area contributed by atoms with Crippen molar-refractivity contribution in [3.8, 4) is 0 Å². The highest BCUT2D eigenvalue weighted by Crippen LogP contribution is 2.43. The van der Waals surface area contributed by atoms with Gasteiger partial charge < -0.3 is 4.74 Å². The highest BCUT2D eigenvalue weighted by atomic mass is 16.5. The van der Waals surface area contributed by atoms with E-state index in [-0.39, 0.29) is 0 Å². The SMILES string of the molecule is C[C@@]12CC[C@H](CO1)C2. The van der Waals surface area contributed by atoms with Crippen molar-refractivity contribution in [1.29, 1.82) is 0 Å². The molecule has 2 rings (SSSR count). The summed E-state index contributed by atoms with van der Waals surface area (Å²) in [5.74, 6) is 0.917. The summed E-state index contributed by atoms with van der Waals surface area (Å²) in [6.45, 7) is 3.27. The van der Waals surface area contributed by atoms with Crippen molar-refractivity contribution >= 4 is 0 Å². The van der Waals surface area contributed by atoms with Crippen molar-refractivity contribution in [1.82, 2.24) is 0 Å². The highest BCUT2D eigenvalue weighted by molar-refractivity contribution is 4.92. The van der Waals surface area contributed by atoms with Crippen molar-refractivity contribution in [2.45, 2.75) is 31.8 Å². The zero-order valence-corrected chi connectivity index (χ0v) is 5.31. The van der Waals surface area contributed by atoms with Gasteiger partial charge in [0.2, 0.25) is 0 Å². The predicted molar refractivity (Wildman–Crippen MR) is 31.7 cm³/mol. The monoisotopic (exact) mass is 112 g/mol. The van der Waals surface area contributed by atoms with Crippen LogP contribution in [-0.4, -0.2) is 12.2 Å². The normalized spacial score (nSPS) is 52.9. The Hall–Kier alpha value is -0.0400. The van der Waals surface area contributed by atoms with E-state index in [2.05, 4.69) is 6.92 Å². The molecule has 1 aliphatic carbocycles. The van der Waals surface area contributed by atoms with Crippen molar-refractivity contribution in [2.75, 3.05) is 6.61 Å². The molecule has 0 amide bonds. The number of fused-ring (bicyclic) bond motifs is 2. The maximum atomic E-state index is 5.54. The van der Waals surface area contributed by atoms with Gasteiger partial charge in [0.05, 0.1) is 12.2 Å². The summed E-state index contributed by atoms with van der Waals surface area (Å²) in [6.07, 6.45) is 4.04. The molecule has 1 saturated carbocycles. The zero-order chi connectivity index (χ0) is 5.61. The third-order valence-electron chi connectivity index (χ3n) is 2.47. The Kier molecular flexibility index (Phi) is 0.762. The molecule has 2 atom stereocenters. The molecule has 8 heavy (non-hydrogen) atoms. The Bertz CT molecular complexity index is 101. The van der Waals surface area contributed by atoms with Crippen LogP contribution in [0.25, 0.3) is 0 Å². The van der Waals surface area contributed by atoms with Crippen LogP contribution in [0.15, 0.2) is 0 Å². The number of hydrogen-bond acceptors (Lipinski definition) is 1. The molecule has 2 fully saturated rings. The first-order chi connectivity index (χ1) is 3.79. The molecule has 2 bridgehead atoms. The lowest BCUT2D eigenvalue weighted by Gasteiger charge is -2.20. The highest BCUT2D eigenvalue weighted by Gasteiger charge is 2.42. The molecule has 0 aromatic heterocycles. The third-order valence-corrected chi connectivity index (χ3v) is 2.47. The van der Waals surface area contributed by atoms with Gasteiger partial charge in [-0.25, -0.2) is 0 Å². The van der Waals surface area contributed by atoms with Crippen LogP contribution in [-0.2, 0) is 4.74 Å². The lowest BCUT2D eigenvalue weighted by molar-refractivity contribution is -0.00208. The molecule has 1 aliphatic heterocycles. The smallest absolute Gasteiger partial charge is 0.0658 e. The molecule has 0 aromatic carbocycles. The van der Waals surface area contributed by atoms with Crippen molar-refractivity contribution in [3.63, 3.8) is 0 Å². The number of rotatable bonds is 0. The lowest BCUT2D eigenvalue weighted by Crippen LogP contribution is -2.20. The molecule has 0 unspecified atom stereocenters. The number of ether oxygens (including phenoxy) is 1. The van der Waals surface area contributed by atoms with E-state index in [0.717, 1.165) is 12.5 Å². The Balaban J connectivity index is 2.19. The minimum atomic E-state index is 0.310. The Morgan fingerprint density at radius 1 is 1.62 bits per heavy atom. The molecule has 2 aliphatic rings. The van der Waals surface area contributed by atoms with Gasteiger partial charge >= 0.3 is 0 Å². The molecule has 0 spiro atoms. The largest absolute Gasteiger partial charge is 0.375 e. The van der Waals surface area contributed by atoms with Crippen molar-refractivity contribution in [3.05, 3.63) is 0 Å². The van der Waals surface area contributed by atoms with Crippen LogP contribution in [0.4, 0.5) is 0 Å². The quantitative estimate of drug-likeness (QED) is 0.462. The van der Waals surface area contributed by atoms with Crippen LogP contribution in [0.5, 0.6) is 0 Å². The van der Waals surface area contributed by atoms with Crippen molar-refractivity contribution in [2.24, 2.45) is 5.92 Å². The van der Waals surface area contributed by atoms with E-state index in [1.54, 1.807) is 0 Å². The first-order valence-electron chi connectivity index (χ1n) is 3.42. The second-order valence-corrected chi connectivity index (χ2v) is 3.37. The number of hydrogen-bond donors (Lipinski definition) is 0. The maximum absolute atomic E-state index is 5.54. The second kappa shape index (κ2) is 1.27. The zero-order valence-electron chi connectivity index (χ0n) is 5.31. The first kappa shape index (κ1) is 4.80. The predicted octanol–water partition coefficient (Wildman–Crippen LogP) is 1.58. The fraction of sp³-hybridized carbons (Fsp3) is 1.00. The molecule has 1 saturated heterocycles. The standard InChI is InChI=1S/C7H12O/c1-7-3-2-6(4-7)5-8-7/h6H,2-5H2,1H3/t6-,7-/m0/s1. The summed E-state index contributed by atoms with van der Waals surface area (Å²) < 4.78 is 5.54. The second-order valence-electron chi connectivity index (χ2n) is 3.37. The molecule has 1 heterocycles. The summed E-state index contributed by atoms with van der Waals surface area (Å²) >= 11 is 0. The maximum Gasteiger partial charge on any atom is 0.0658 e. The molecule has 1 heteroatoms. The summed E-state index contributed by atoms with van der Waals surface area (Å²) in [7, 11) is 0. The van der Waals surface area contributed by atoms with E-state index in [0.29, 0.717) is 5.60 Å². The summed E-state index contributed by atoms with van der Waals surface area (Å²) in [5.41, 5.74) is 0.310. The van der Waals surface area contributed by atoms with E-state index >= 15 is 0 Å². The van der Waals surface area contributed by atoms with Crippen LogP contribution < -0.4 is 0 Å². The molecular weight excluding hydrogens is 100 g/mol. The molecule has 0 N–H and O–H groups in total. The first-order valence-corrected chi connectivity index (χ1v) is 3.42. The average Bonchev–Trinajstić information content (AvgIpc) is 2.21. The van der Waals surface area contributed by atoms with Gasteiger partial charge in [0.15, 0.2) is 0 Å². The van der Waals surface area contributed by atoms with Gasteiger partial charge in [0.1, 0.15) is 0 Å². The van der Waals surface area contributed by atoms with E-state index in [1.807, 2.05) is 0 Å². The van der Waals surface area contributed by atoms with E-state index < -0.39 is 0 Å². The lowest BCUT2D eigenvalue weighted by atomic mass is 10.1. The molecule has 46 valence electrons. The van der Waals surface area contributed by atoms with Gasteiger partial charge in [0.25, 0.3) is 0 Å². The molecular formula is C7H12O. The van der Waals surface area contributed by atoms with Gasteiger partial charge in [-0.1, -0.05) is 0 Å². The molecule has 0 aromatic rings. The third kappa shape index (κ3) is 0.510. The Morgan fingerprint density at radius 3 is 2.62 bits per heavy atom. The summed E-state index contributed by atoms with van der Waals surface area (Å²) in [5, 5.41) is 0. The fourth-order valence-corrected chi connectivity index (χ4v) is 1.92. The van der Waals surface area contributed by atoms with E-state index in [1.165, 1.54) is 19.3 Å². The summed E-state index contributed by atoms with van der Waals surface area (Å²) in [4.78, 5) is 0. The van der Waals surface area contributed by atoms with Gasteiger partial charge in [-0.15, -0.1) is 0 Å². The Labute approximate surface area is 50.0 Å². The molecule has 1 nitrogen and oxygen atoms in total. The Morgan fingerprint density at radius 2 is 2.50 bits per heavy atom. The average molecular weight is 112 g/mol. The fourth-order valence-electron chi connectivity index (χ4n) is 1.92. The van der Waals surface area contributed by atoms with Gasteiger partial charge in [-0.05, 0) is 32.1 Å². The van der Waals surface area contributed by atoms with Crippen LogP contribution >= 0.6 is 0 Å². The van der Waals surface area contributed by atoms with Crippen LogP contribution in [0.1, 0.15) is 26.2 Å². The van der Waals surface area contributed by atoms with Crippen LogP contribution in [0, 0.1) is 5.92 Å². The van der Waals surface area contributed by atoms with Gasteiger partial charge in [-0.2, -0.15) is 0 Å². The minimum Gasteiger partial charge on any atom is -0.375 e. The van der Waals surface area contributed by atoms with E-state index in [4.69, 9.17) is 4.74 Å². The molecule has 0 radical (unpaired) electrons. The topological polar surface area (TPSA) is 9.23 Å². The minimum absolute atomic E-state index is 0.310. The van der Waals surface area contributed by atoms with Crippen molar-refractivity contribution < 1.29 is 4.74 Å².